The second-order valence-corrected chi connectivity index (χ2v) is 6.19. The summed E-state index contributed by atoms with van der Waals surface area (Å²) >= 11 is 0. The van der Waals surface area contributed by atoms with Gasteiger partial charge in [0.15, 0.2) is 0 Å². The third-order valence-electron chi connectivity index (χ3n) is 4.86. The Kier molecular flexibility index (Phi) is 5.83. The van der Waals surface area contributed by atoms with E-state index in [0.29, 0.717) is 6.04 Å². The first kappa shape index (κ1) is 16.1. The molecule has 2 rings (SSSR count). The molecule has 0 spiro atoms. The molecular weight excluding hydrogens is 260 g/mol. The summed E-state index contributed by atoms with van der Waals surface area (Å²) in [4.78, 5) is 8.94. The normalized spacial score (nSPS) is 25.0. The van der Waals surface area contributed by atoms with Gasteiger partial charge in [-0.3, -0.25) is 0 Å². The number of aromatic nitrogens is 2. The number of hydrogen-bond acceptors (Lipinski definition) is 4. The minimum atomic E-state index is 0.551. The van der Waals surface area contributed by atoms with Crippen LogP contribution >= 0.6 is 0 Å². The number of hydrogen-bond donors (Lipinski definition) is 2. The van der Waals surface area contributed by atoms with Crippen molar-refractivity contribution in [1.82, 2.24) is 9.97 Å². The summed E-state index contributed by atoms with van der Waals surface area (Å²) in [5.74, 6) is 3.61. The Morgan fingerprint density at radius 1 is 1.14 bits per heavy atom. The number of rotatable bonds is 7. The van der Waals surface area contributed by atoms with E-state index in [0.717, 1.165) is 42.9 Å². The fraction of sp³-hybridized carbons (Fsp3) is 0.765. The van der Waals surface area contributed by atoms with E-state index in [2.05, 4.69) is 48.3 Å². The van der Waals surface area contributed by atoms with E-state index in [9.17, 15) is 0 Å². The molecule has 4 heteroatoms. The Hall–Kier alpha value is -1.32. The Morgan fingerprint density at radius 2 is 1.90 bits per heavy atom. The minimum absolute atomic E-state index is 0.551. The number of nitrogens with zero attached hydrogens (tertiary/aromatic N) is 2. The molecule has 1 saturated carbocycles. The first-order valence-electron chi connectivity index (χ1n) is 8.55. The molecule has 0 amide bonds. The van der Waals surface area contributed by atoms with Crippen molar-refractivity contribution in [2.24, 2.45) is 11.8 Å². The van der Waals surface area contributed by atoms with Crippen LogP contribution in [0.4, 0.5) is 11.6 Å². The van der Waals surface area contributed by atoms with Crippen LogP contribution in [0.3, 0.4) is 0 Å². The van der Waals surface area contributed by atoms with E-state index in [1.807, 2.05) is 0 Å². The van der Waals surface area contributed by atoms with Crippen molar-refractivity contribution in [1.29, 1.82) is 0 Å². The van der Waals surface area contributed by atoms with Gasteiger partial charge in [0.2, 0.25) is 0 Å². The van der Waals surface area contributed by atoms with Crippen molar-refractivity contribution in [2.75, 3.05) is 17.2 Å². The zero-order valence-electron chi connectivity index (χ0n) is 13.9. The molecule has 1 aromatic rings. The van der Waals surface area contributed by atoms with Crippen molar-refractivity contribution >= 4 is 11.6 Å². The third kappa shape index (κ3) is 3.66. The van der Waals surface area contributed by atoms with E-state index < -0.39 is 0 Å². The molecule has 1 aromatic heterocycles. The molecule has 1 aliphatic rings. The van der Waals surface area contributed by atoms with Gasteiger partial charge in [-0.1, -0.05) is 33.6 Å². The van der Waals surface area contributed by atoms with Crippen LogP contribution in [0.25, 0.3) is 0 Å². The molecule has 118 valence electrons. The highest BCUT2D eigenvalue weighted by Gasteiger charge is 2.32. The average Bonchev–Trinajstić information content (AvgIpc) is 2.83. The molecule has 0 radical (unpaired) electrons. The molecule has 3 atom stereocenters. The van der Waals surface area contributed by atoms with Crippen LogP contribution in [0.15, 0.2) is 6.33 Å². The van der Waals surface area contributed by atoms with Crippen molar-refractivity contribution in [2.45, 2.75) is 65.8 Å². The lowest BCUT2D eigenvalue weighted by atomic mass is 9.93. The van der Waals surface area contributed by atoms with E-state index in [1.54, 1.807) is 6.33 Å². The predicted octanol–water partition coefficient (Wildman–Crippen LogP) is 4.10. The van der Waals surface area contributed by atoms with E-state index >= 15 is 0 Å². The Labute approximate surface area is 129 Å². The molecule has 0 aromatic carbocycles. The van der Waals surface area contributed by atoms with Crippen LogP contribution in [-0.4, -0.2) is 22.6 Å². The quantitative estimate of drug-likeness (QED) is 0.794. The topological polar surface area (TPSA) is 49.8 Å². The highest BCUT2D eigenvalue weighted by molar-refractivity contribution is 5.58. The molecule has 2 N–H and O–H groups in total. The fourth-order valence-electron chi connectivity index (χ4n) is 3.55. The zero-order chi connectivity index (χ0) is 15.2. The lowest BCUT2D eigenvalue weighted by Gasteiger charge is -2.23. The summed E-state index contributed by atoms with van der Waals surface area (Å²) in [7, 11) is 0. The molecule has 3 unspecified atom stereocenters. The van der Waals surface area contributed by atoms with Gasteiger partial charge in [-0.15, -0.1) is 0 Å². The Balaban J connectivity index is 2.17. The summed E-state index contributed by atoms with van der Waals surface area (Å²) in [5, 5.41) is 7.08. The van der Waals surface area contributed by atoms with Gasteiger partial charge in [-0.2, -0.15) is 0 Å². The van der Waals surface area contributed by atoms with Crippen LogP contribution in [-0.2, 0) is 6.42 Å². The maximum absolute atomic E-state index is 4.53. The van der Waals surface area contributed by atoms with Gasteiger partial charge in [-0.05, 0) is 38.0 Å². The zero-order valence-corrected chi connectivity index (χ0v) is 13.9. The Bertz CT molecular complexity index is 446. The largest absolute Gasteiger partial charge is 0.370 e. The monoisotopic (exact) mass is 290 g/mol. The second kappa shape index (κ2) is 7.62. The molecule has 0 aliphatic heterocycles. The van der Waals surface area contributed by atoms with Gasteiger partial charge in [-0.25, -0.2) is 9.97 Å². The summed E-state index contributed by atoms with van der Waals surface area (Å²) < 4.78 is 0. The van der Waals surface area contributed by atoms with Crippen LogP contribution in [0.5, 0.6) is 0 Å². The highest BCUT2D eigenvalue weighted by atomic mass is 15.1. The van der Waals surface area contributed by atoms with Gasteiger partial charge in [0, 0.05) is 18.2 Å². The third-order valence-corrected chi connectivity index (χ3v) is 4.86. The summed E-state index contributed by atoms with van der Waals surface area (Å²) in [6.07, 6.45) is 7.68. The molecule has 0 saturated heterocycles. The molecule has 21 heavy (non-hydrogen) atoms. The van der Waals surface area contributed by atoms with Crippen molar-refractivity contribution in [3.63, 3.8) is 0 Å². The smallest absolute Gasteiger partial charge is 0.134 e. The molecule has 1 fully saturated rings. The van der Waals surface area contributed by atoms with Crippen LogP contribution in [0.2, 0.25) is 0 Å². The summed E-state index contributed by atoms with van der Waals surface area (Å²) in [6.45, 7) is 9.89. The molecule has 0 bridgehead atoms. The summed E-state index contributed by atoms with van der Waals surface area (Å²) in [5.41, 5.74) is 1.24. The van der Waals surface area contributed by atoms with Crippen LogP contribution < -0.4 is 10.6 Å². The predicted molar refractivity (Wildman–Crippen MR) is 89.8 cm³/mol. The molecule has 1 heterocycles. The lowest BCUT2D eigenvalue weighted by Crippen LogP contribution is -2.26. The van der Waals surface area contributed by atoms with Crippen molar-refractivity contribution in [3.8, 4) is 0 Å². The molecular formula is C17H30N4. The number of anilines is 2. The van der Waals surface area contributed by atoms with Gasteiger partial charge in [0.1, 0.15) is 18.0 Å². The maximum Gasteiger partial charge on any atom is 0.134 e. The van der Waals surface area contributed by atoms with Crippen LogP contribution in [0.1, 0.15) is 58.9 Å². The second-order valence-electron chi connectivity index (χ2n) is 6.19. The maximum atomic E-state index is 4.53. The highest BCUT2D eigenvalue weighted by Crippen LogP contribution is 2.36. The summed E-state index contributed by atoms with van der Waals surface area (Å²) in [6, 6.07) is 0.551. The Morgan fingerprint density at radius 3 is 2.52 bits per heavy atom. The first-order valence-corrected chi connectivity index (χ1v) is 8.55. The SMILES string of the molecule is CCCc1c(NCC)ncnc1NC1CCC(CC)C1C. The van der Waals surface area contributed by atoms with Gasteiger partial charge >= 0.3 is 0 Å². The molecule has 4 nitrogen and oxygen atoms in total. The standard InChI is InChI=1S/C17H30N4/c1-5-8-14-16(18-7-3)19-11-20-17(14)21-15-10-9-13(6-2)12(15)4/h11-13,15H,5-10H2,1-4H3,(H2,18,19,20,21). The average molecular weight is 290 g/mol. The van der Waals surface area contributed by atoms with Gasteiger partial charge in [0.25, 0.3) is 0 Å². The van der Waals surface area contributed by atoms with Gasteiger partial charge in [0.05, 0.1) is 0 Å². The minimum Gasteiger partial charge on any atom is -0.370 e. The first-order chi connectivity index (χ1) is 10.2. The van der Waals surface area contributed by atoms with Gasteiger partial charge < -0.3 is 10.6 Å². The lowest BCUT2D eigenvalue weighted by molar-refractivity contribution is 0.391. The van der Waals surface area contributed by atoms with E-state index in [1.165, 1.54) is 24.8 Å². The fourth-order valence-corrected chi connectivity index (χ4v) is 3.55. The van der Waals surface area contributed by atoms with Crippen molar-refractivity contribution < 1.29 is 0 Å². The van der Waals surface area contributed by atoms with Crippen molar-refractivity contribution in [3.05, 3.63) is 11.9 Å². The molecule has 1 aliphatic carbocycles. The van der Waals surface area contributed by atoms with E-state index in [-0.39, 0.29) is 0 Å². The van der Waals surface area contributed by atoms with Crippen LogP contribution in [0, 0.1) is 11.8 Å². The number of nitrogens with one attached hydrogen (secondary N) is 2. The van der Waals surface area contributed by atoms with E-state index in [4.69, 9.17) is 0 Å².